The molecule has 3 aliphatic heterocycles. The summed E-state index contributed by atoms with van der Waals surface area (Å²) in [5.74, 6) is 0. The van der Waals surface area contributed by atoms with Gasteiger partial charge in [0, 0.05) is 0 Å². The molecule has 15 atom stereocenters. The standard InChI is InChI=1S/C18H32O16/c19-1-4-8(23)11(26)14(16(29)30-4)33-18-15(12(27)9(24)6(3-21)32-18)34-17-13(28)10(25)7(22)5(2-20)31-17/h4-29H,1-3H2/t4?,5?,6?,7-,8-,9-,10?,11?,12?,13+,14+,15+,16-,17-,18-/m1/s1. The topological polar surface area (TPSA) is 269 Å². The summed E-state index contributed by atoms with van der Waals surface area (Å²) in [6.07, 6.45) is -25.7. The van der Waals surface area contributed by atoms with Crippen LogP contribution in [-0.2, 0) is 23.7 Å². The molecule has 0 bridgehead atoms. The Morgan fingerprint density at radius 3 is 1.38 bits per heavy atom. The average Bonchev–Trinajstić information content (AvgIpc) is 2.83. The van der Waals surface area contributed by atoms with E-state index in [0.29, 0.717) is 0 Å². The highest BCUT2D eigenvalue weighted by Crippen LogP contribution is 2.32. The number of rotatable bonds is 7. The van der Waals surface area contributed by atoms with E-state index in [1.165, 1.54) is 0 Å². The molecule has 0 saturated carbocycles. The molecule has 3 heterocycles. The van der Waals surface area contributed by atoms with Crippen molar-refractivity contribution >= 4 is 0 Å². The molecule has 0 aromatic heterocycles. The molecule has 0 radical (unpaired) electrons. The second-order valence-electron chi connectivity index (χ2n) is 8.33. The summed E-state index contributed by atoms with van der Waals surface area (Å²) < 4.78 is 26.5. The predicted molar refractivity (Wildman–Crippen MR) is 101 cm³/mol. The van der Waals surface area contributed by atoms with Crippen molar-refractivity contribution in [1.82, 2.24) is 0 Å². The molecule has 16 nitrogen and oxygen atoms in total. The fourth-order valence-electron chi connectivity index (χ4n) is 4.02. The van der Waals surface area contributed by atoms with E-state index in [-0.39, 0.29) is 0 Å². The first-order chi connectivity index (χ1) is 16.0. The minimum atomic E-state index is -1.90. The Balaban J connectivity index is 1.82. The van der Waals surface area contributed by atoms with Crippen LogP contribution in [0.1, 0.15) is 0 Å². The van der Waals surface area contributed by atoms with Crippen molar-refractivity contribution in [2.45, 2.75) is 92.1 Å². The molecule has 200 valence electrons. The SMILES string of the molecule is OCC1O[C@H](O[C@H]2C(O)[C@H](O)C(CO)O[C@@H]2O[C@H]2C(O)[C@H](O)C(CO)O[C@H]2O)[C@@H](O)C(O)[C@@H]1O. The number of ether oxygens (including phenoxy) is 5. The van der Waals surface area contributed by atoms with Crippen molar-refractivity contribution in [3.05, 3.63) is 0 Å². The van der Waals surface area contributed by atoms with Gasteiger partial charge in [0.05, 0.1) is 19.8 Å². The molecule has 6 unspecified atom stereocenters. The van der Waals surface area contributed by atoms with Gasteiger partial charge >= 0.3 is 0 Å². The Kier molecular flexibility index (Phi) is 9.54. The molecule has 0 amide bonds. The molecule has 34 heavy (non-hydrogen) atoms. The van der Waals surface area contributed by atoms with Gasteiger partial charge < -0.3 is 79.9 Å². The zero-order chi connectivity index (χ0) is 25.3. The van der Waals surface area contributed by atoms with Crippen LogP contribution in [0.25, 0.3) is 0 Å². The maximum Gasteiger partial charge on any atom is 0.187 e. The summed E-state index contributed by atoms with van der Waals surface area (Å²) in [5, 5.41) is 109. The van der Waals surface area contributed by atoms with Crippen LogP contribution in [0.5, 0.6) is 0 Å². The van der Waals surface area contributed by atoms with E-state index in [2.05, 4.69) is 0 Å². The molecule has 3 rings (SSSR count). The van der Waals surface area contributed by atoms with E-state index in [1.807, 2.05) is 0 Å². The van der Waals surface area contributed by atoms with Gasteiger partial charge in [-0.15, -0.1) is 0 Å². The zero-order valence-corrected chi connectivity index (χ0v) is 17.7. The van der Waals surface area contributed by atoms with Crippen molar-refractivity contribution < 1.29 is 79.9 Å². The number of aliphatic hydroxyl groups is 11. The Morgan fingerprint density at radius 2 is 0.853 bits per heavy atom. The third-order valence-electron chi connectivity index (χ3n) is 6.10. The first-order valence-electron chi connectivity index (χ1n) is 10.6. The summed E-state index contributed by atoms with van der Waals surface area (Å²) in [6.45, 7) is -2.31. The Bertz CT molecular complexity index is 639. The lowest BCUT2D eigenvalue weighted by Crippen LogP contribution is -2.66. The van der Waals surface area contributed by atoms with Crippen LogP contribution in [-0.4, -0.2) is 168 Å². The summed E-state index contributed by atoms with van der Waals surface area (Å²) >= 11 is 0. The minimum Gasteiger partial charge on any atom is -0.394 e. The lowest BCUT2D eigenvalue weighted by molar-refractivity contribution is -0.391. The molecule has 3 aliphatic rings. The van der Waals surface area contributed by atoms with Crippen LogP contribution in [0.3, 0.4) is 0 Å². The van der Waals surface area contributed by atoms with Crippen LogP contribution >= 0.6 is 0 Å². The number of aliphatic hydroxyl groups excluding tert-OH is 11. The molecule has 0 aliphatic carbocycles. The molecule has 16 heteroatoms. The predicted octanol–water partition coefficient (Wildman–Crippen LogP) is -7.57. The molecule has 3 saturated heterocycles. The van der Waals surface area contributed by atoms with Crippen molar-refractivity contribution in [2.24, 2.45) is 0 Å². The van der Waals surface area contributed by atoms with Gasteiger partial charge in [0.2, 0.25) is 0 Å². The van der Waals surface area contributed by atoms with Crippen LogP contribution < -0.4 is 0 Å². The lowest BCUT2D eigenvalue weighted by atomic mass is 9.96. The third-order valence-corrected chi connectivity index (χ3v) is 6.10. The van der Waals surface area contributed by atoms with Crippen LogP contribution in [0.2, 0.25) is 0 Å². The Labute approximate surface area is 192 Å². The Morgan fingerprint density at radius 1 is 0.441 bits per heavy atom. The van der Waals surface area contributed by atoms with Gasteiger partial charge in [0.25, 0.3) is 0 Å². The summed E-state index contributed by atoms with van der Waals surface area (Å²) in [7, 11) is 0. The van der Waals surface area contributed by atoms with Gasteiger partial charge in [0.15, 0.2) is 18.9 Å². The maximum absolute atomic E-state index is 10.6. The first-order valence-corrected chi connectivity index (χ1v) is 10.6. The van der Waals surface area contributed by atoms with E-state index >= 15 is 0 Å². The lowest BCUT2D eigenvalue weighted by Gasteiger charge is -2.48. The number of hydrogen-bond acceptors (Lipinski definition) is 16. The van der Waals surface area contributed by atoms with E-state index in [1.54, 1.807) is 0 Å². The smallest absolute Gasteiger partial charge is 0.187 e. The highest BCUT2D eigenvalue weighted by Gasteiger charge is 2.53. The quantitative estimate of drug-likeness (QED) is 0.154. The van der Waals surface area contributed by atoms with Gasteiger partial charge in [-0.25, -0.2) is 0 Å². The monoisotopic (exact) mass is 504 g/mol. The zero-order valence-electron chi connectivity index (χ0n) is 17.7. The second-order valence-corrected chi connectivity index (χ2v) is 8.33. The molecule has 0 aromatic carbocycles. The van der Waals surface area contributed by atoms with Crippen molar-refractivity contribution in [3.63, 3.8) is 0 Å². The van der Waals surface area contributed by atoms with Crippen LogP contribution in [0, 0.1) is 0 Å². The molecular formula is C18H32O16. The van der Waals surface area contributed by atoms with Crippen molar-refractivity contribution in [2.75, 3.05) is 19.8 Å². The summed E-state index contributed by atoms with van der Waals surface area (Å²) in [6, 6.07) is 0. The van der Waals surface area contributed by atoms with Gasteiger partial charge in [0.1, 0.15) is 73.2 Å². The van der Waals surface area contributed by atoms with E-state index in [9.17, 15) is 56.2 Å². The fraction of sp³-hybridized carbons (Fsp3) is 1.00. The third kappa shape index (κ3) is 5.37. The molecular weight excluding hydrogens is 472 g/mol. The van der Waals surface area contributed by atoms with Crippen LogP contribution in [0.15, 0.2) is 0 Å². The second kappa shape index (κ2) is 11.6. The van der Waals surface area contributed by atoms with E-state index in [0.717, 1.165) is 0 Å². The van der Waals surface area contributed by atoms with E-state index in [4.69, 9.17) is 23.7 Å². The van der Waals surface area contributed by atoms with Crippen LogP contribution in [0.4, 0.5) is 0 Å². The molecule has 3 fully saturated rings. The van der Waals surface area contributed by atoms with Crippen molar-refractivity contribution in [3.8, 4) is 0 Å². The van der Waals surface area contributed by atoms with Gasteiger partial charge in [-0.1, -0.05) is 0 Å². The Hall–Kier alpha value is -0.640. The summed E-state index contributed by atoms with van der Waals surface area (Å²) in [4.78, 5) is 0. The molecule has 11 N–H and O–H groups in total. The van der Waals surface area contributed by atoms with Gasteiger partial charge in [-0.3, -0.25) is 0 Å². The molecule has 0 spiro atoms. The highest BCUT2D eigenvalue weighted by atomic mass is 16.8. The fourth-order valence-corrected chi connectivity index (χ4v) is 4.02. The maximum atomic E-state index is 10.6. The highest BCUT2D eigenvalue weighted by molar-refractivity contribution is 4.95. The van der Waals surface area contributed by atoms with Gasteiger partial charge in [-0.2, -0.15) is 0 Å². The largest absolute Gasteiger partial charge is 0.394 e. The minimum absolute atomic E-state index is 0.734. The summed E-state index contributed by atoms with van der Waals surface area (Å²) in [5.41, 5.74) is 0. The van der Waals surface area contributed by atoms with Gasteiger partial charge in [-0.05, 0) is 0 Å². The average molecular weight is 504 g/mol. The molecule has 0 aromatic rings. The van der Waals surface area contributed by atoms with Crippen molar-refractivity contribution in [1.29, 1.82) is 0 Å². The number of hydrogen-bond donors (Lipinski definition) is 11. The normalized spacial score (nSPS) is 52.5. The first kappa shape index (κ1) is 27.9. The van der Waals surface area contributed by atoms with E-state index < -0.39 is 112 Å².